The molecule has 0 radical (unpaired) electrons. The van der Waals surface area contributed by atoms with Gasteiger partial charge in [0.2, 0.25) is 0 Å². The van der Waals surface area contributed by atoms with E-state index in [-0.39, 0.29) is 11.3 Å². The minimum atomic E-state index is -4.16. The Morgan fingerprint density at radius 2 is 1.75 bits per heavy atom. The fourth-order valence-corrected chi connectivity index (χ4v) is 5.06. The van der Waals surface area contributed by atoms with Gasteiger partial charge in [-0.25, -0.2) is 13.9 Å². The Bertz CT molecular complexity index is 990. The van der Waals surface area contributed by atoms with E-state index >= 15 is 0 Å². The number of rotatable bonds is 12. The third kappa shape index (κ3) is 5.79. The zero-order chi connectivity index (χ0) is 23.8. The fourth-order valence-electron chi connectivity index (χ4n) is 3.40. The Balaban J connectivity index is 2.29. The number of carbonyl (C=O) groups is 1. The number of sulfone groups is 1. The van der Waals surface area contributed by atoms with Crippen LogP contribution in [0.25, 0.3) is 0 Å². The molecule has 0 aliphatic rings. The maximum absolute atomic E-state index is 13.4. The average Bonchev–Trinajstić information content (AvgIpc) is 2.81. The molecule has 1 unspecified atom stereocenters. The normalized spacial score (nSPS) is 13.4. The van der Waals surface area contributed by atoms with E-state index in [9.17, 15) is 18.4 Å². The van der Waals surface area contributed by atoms with Gasteiger partial charge in [0, 0.05) is 13.0 Å². The maximum atomic E-state index is 13.4. The number of hydrogen-bond donors (Lipinski definition) is 2. The van der Waals surface area contributed by atoms with Gasteiger partial charge in [-0.1, -0.05) is 26.0 Å². The predicted octanol–water partition coefficient (Wildman–Crippen LogP) is 2.70. The van der Waals surface area contributed by atoms with Crippen molar-refractivity contribution in [3.63, 3.8) is 0 Å². The number of likely N-dealkylation sites (N-methyl/N-ethyl adjacent to an activating group) is 1. The SMILES string of the molecule is CCN(CC)CCOc1cccc(CC(C)(C(=O)NO)S(=O)(=O)c2ccc(OC)cc2)c1. The van der Waals surface area contributed by atoms with E-state index in [1.165, 1.54) is 43.8 Å². The molecule has 176 valence electrons. The third-order valence-corrected chi connectivity index (χ3v) is 7.96. The highest BCUT2D eigenvalue weighted by molar-refractivity contribution is 7.93. The largest absolute Gasteiger partial charge is 0.497 e. The molecule has 0 bridgehead atoms. The monoisotopic (exact) mass is 464 g/mol. The van der Waals surface area contributed by atoms with Crippen LogP contribution in [0.1, 0.15) is 26.3 Å². The molecule has 2 rings (SSSR count). The molecular formula is C23H32N2O6S. The Morgan fingerprint density at radius 3 is 2.31 bits per heavy atom. The summed E-state index contributed by atoms with van der Waals surface area (Å²) in [5.41, 5.74) is 2.11. The second-order valence-electron chi connectivity index (χ2n) is 7.55. The summed E-state index contributed by atoms with van der Waals surface area (Å²) in [6.45, 7) is 8.58. The van der Waals surface area contributed by atoms with Crippen molar-refractivity contribution in [1.29, 1.82) is 0 Å². The lowest BCUT2D eigenvalue weighted by Gasteiger charge is -2.27. The smallest absolute Gasteiger partial charge is 0.265 e. The van der Waals surface area contributed by atoms with E-state index in [1.807, 2.05) is 0 Å². The average molecular weight is 465 g/mol. The second kappa shape index (κ2) is 11.3. The highest BCUT2D eigenvalue weighted by atomic mass is 32.2. The number of hydrogen-bond acceptors (Lipinski definition) is 7. The van der Waals surface area contributed by atoms with Crippen LogP contribution in [0, 0.1) is 0 Å². The van der Waals surface area contributed by atoms with Gasteiger partial charge in [-0.3, -0.25) is 10.0 Å². The van der Waals surface area contributed by atoms with Crippen LogP contribution in [-0.4, -0.2) is 62.5 Å². The summed E-state index contributed by atoms with van der Waals surface area (Å²) < 4.78 is 35.8. The van der Waals surface area contributed by atoms with Crippen LogP contribution < -0.4 is 15.0 Å². The molecule has 0 aliphatic carbocycles. The summed E-state index contributed by atoms with van der Waals surface area (Å²) in [6, 6.07) is 12.8. The van der Waals surface area contributed by atoms with Crippen LogP contribution in [-0.2, 0) is 21.1 Å². The van der Waals surface area contributed by atoms with E-state index < -0.39 is 20.5 Å². The first-order valence-corrected chi connectivity index (χ1v) is 12.0. The molecular weight excluding hydrogens is 432 g/mol. The molecule has 0 aliphatic heterocycles. The Hall–Kier alpha value is -2.62. The zero-order valence-electron chi connectivity index (χ0n) is 19.0. The van der Waals surface area contributed by atoms with Gasteiger partial charge >= 0.3 is 0 Å². The number of hydroxylamine groups is 1. The summed E-state index contributed by atoms with van der Waals surface area (Å²) in [5, 5.41) is 9.30. The first kappa shape index (κ1) is 25.6. The number of methoxy groups -OCH3 is 1. The maximum Gasteiger partial charge on any atom is 0.265 e. The highest BCUT2D eigenvalue weighted by Crippen LogP contribution is 2.31. The first-order valence-electron chi connectivity index (χ1n) is 10.5. The molecule has 0 saturated carbocycles. The van der Waals surface area contributed by atoms with Crippen molar-refractivity contribution >= 4 is 15.7 Å². The second-order valence-corrected chi connectivity index (χ2v) is 9.93. The van der Waals surface area contributed by atoms with E-state index in [4.69, 9.17) is 9.47 Å². The van der Waals surface area contributed by atoms with E-state index in [1.54, 1.807) is 24.3 Å². The van der Waals surface area contributed by atoms with Crippen LogP contribution in [0.3, 0.4) is 0 Å². The molecule has 0 fully saturated rings. The van der Waals surface area contributed by atoms with Crippen LogP contribution in [0.15, 0.2) is 53.4 Å². The lowest BCUT2D eigenvalue weighted by molar-refractivity contribution is -0.131. The van der Waals surface area contributed by atoms with Crippen molar-refractivity contribution in [3.05, 3.63) is 54.1 Å². The summed E-state index contributed by atoms with van der Waals surface area (Å²) >= 11 is 0. The van der Waals surface area contributed by atoms with Gasteiger partial charge < -0.3 is 14.4 Å². The molecule has 2 N–H and O–H groups in total. The molecule has 0 heterocycles. The standard InChI is InChI=1S/C23H32N2O6S/c1-5-25(6-2)14-15-31-20-9-7-8-18(16-20)17-23(3,22(26)24-27)32(28,29)21-12-10-19(30-4)11-13-21/h7-13,16,27H,5-6,14-15,17H2,1-4H3,(H,24,26). The third-order valence-electron chi connectivity index (χ3n) is 5.56. The molecule has 2 aromatic carbocycles. The number of nitrogens with zero attached hydrogens (tertiary/aromatic N) is 1. The molecule has 8 nitrogen and oxygen atoms in total. The van der Waals surface area contributed by atoms with Gasteiger partial charge in [0.05, 0.1) is 12.0 Å². The molecule has 32 heavy (non-hydrogen) atoms. The Kier molecular flexibility index (Phi) is 9.06. The number of benzene rings is 2. The number of nitrogens with one attached hydrogen (secondary N) is 1. The lowest BCUT2D eigenvalue weighted by Crippen LogP contribution is -2.51. The van der Waals surface area contributed by atoms with Crippen molar-refractivity contribution in [2.45, 2.75) is 36.8 Å². The van der Waals surface area contributed by atoms with Gasteiger partial charge in [0.25, 0.3) is 5.91 Å². The topological polar surface area (TPSA) is 105 Å². The van der Waals surface area contributed by atoms with Gasteiger partial charge in [-0.05, 0) is 62.0 Å². The van der Waals surface area contributed by atoms with E-state index in [2.05, 4.69) is 18.7 Å². The van der Waals surface area contributed by atoms with E-state index in [0.29, 0.717) is 23.7 Å². The molecule has 0 spiro atoms. The number of amides is 1. The van der Waals surface area contributed by atoms with Gasteiger partial charge in [-0.2, -0.15) is 0 Å². The molecule has 2 aromatic rings. The first-order chi connectivity index (χ1) is 15.2. The van der Waals surface area contributed by atoms with Gasteiger partial charge in [-0.15, -0.1) is 0 Å². The highest BCUT2D eigenvalue weighted by Gasteiger charge is 2.47. The molecule has 9 heteroatoms. The Morgan fingerprint density at radius 1 is 1.09 bits per heavy atom. The molecule has 1 atom stereocenters. The summed E-state index contributed by atoms with van der Waals surface area (Å²) in [4.78, 5) is 14.8. The fraction of sp³-hybridized carbons (Fsp3) is 0.435. The van der Waals surface area contributed by atoms with Crippen LogP contribution in [0.2, 0.25) is 0 Å². The Labute approximate surface area is 190 Å². The van der Waals surface area contributed by atoms with Gasteiger partial charge in [0.1, 0.15) is 18.1 Å². The lowest BCUT2D eigenvalue weighted by atomic mass is 9.99. The van der Waals surface area contributed by atoms with Gasteiger partial charge in [0.15, 0.2) is 14.6 Å². The van der Waals surface area contributed by atoms with Crippen LogP contribution in [0.4, 0.5) is 0 Å². The number of carbonyl (C=O) groups excluding carboxylic acids is 1. The van der Waals surface area contributed by atoms with Crippen molar-refractivity contribution in [3.8, 4) is 11.5 Å². The zero-order valence-corrected chi connectivity index (χ0v) is 19.8. The minimum absolute atomic E-state index is 0.0453. The molecule has 0 saturated heterocycles. The summed E-state index contributed by atoms with van der Waals surface area (Å²) in [6.07, 6.45) is -0.152. The van der Waals surface area contributed by atoms with Crippen LogP contribution >= 0.6 is 0 Å². The minimum Gasteiger partial charge on any atom is -0.497 e. The number of ether oxygens (including phenoxy) is 2. The molecule has 1 amide bonds. The van der Waals surface area contributed by atoms with Crippen molar-refractivity contribution in [1.82, 2.24) is 10.4 Å². The van der Waals surface area contributed by atoms with E-state index in [0.717, 1.165) is 19.6 Å². The van der Waals surface area contributed by atoms with Crippen molar-refractivity contribution < 1.29 is 27.9 Å². The quantitative estimate of drug-likeness (QED) is 0.368. The predicted molar refractivity (Wildman–Crippen MR) is 122 cm³/mol. The summed E-state index contributed by atoms with van der Waals surface area (Å²) in [7, 11) is -2.68. The van der Waals surface area contributed by atoms with Crippen LogP contribution in [0.5, 0.6) is 11.5 Å². The van der Waals surface area contributed by atoms with Crippen molar-refractivity contribution in [2.24, 2.45) is 0 Å². The summed E-state index contributed by atoms with van der Waals surface area (Å²) in [5.74, 6) is 0.0660. The molecule has 0 aromatic heterocycles. The van der Waals surface area contributed by atoms with Crippen molar-refractivity contribution in [2.75, 3.05) is 33.4 Å².